The minimum Gasteiger partial charge on any atom is -0.311 e. The van der Waals surface area contributed by atoms with Crippen LogP contribution in [0.2, 0.25) is 5.02 Å². The van der Waals surface area contributed by atoms with E-state index < -0.39 is 10.0 Å². The van der Waals surface area contributed by atoms with Crippen LogP contribution in [-0.2, 0) is 14.8 Å². The monoisotopic (exact) mass is 384 g/mol. The fraction of sp³-hybridized carbons (Fsp3) is 0.375. The van der Waals surface area contributed by atoms with Crippen molar-refractivity contribution in [3.05, 3.63) is 40.2 Å². The largest absolute Gasteiger partial charge is 0.311 e. The number of aromatic amines is 1. The second kappa shape index (κ2) is 7.55. The molecule has 0 saturated carbocycles. The number of nitrogens with one attached hydrogen (secondary N) is 2. The maximum atomic E-state index is 12.4. The molecule has 7 nitrogen and oxygen atoms in total. The van der Waals surface area contributed by atoms with Crippen LogP contribution in [0.3, 0.4) is 0 Å². The van der Waals surface area contributed by atoms with Crippen LogP contribution in [-0.4, -0.2) is 37.6 Å². The first-order valence-corrected chi connectivity index (χ1v) is 9.55. The topological polar surface area (TPSA) is 95.2 Å². The maximum absolute atomic E-state index is 12.4. The standard InChI is InChI=1S/C16H21ClN4O3S/c1-10-5-6-14(17)9-15(10)21(13(4)22)8-7-18-25(23,24)16-11(2)19-20-12(16)3/h5-6,9,18H,7-8H2,1-4H3,(H,19,20). The molecular formula is C16H21ClN4O3S. The molecule has 0 aliphatic rings. The van der Waals surface area contributed by atoms with Crippen molar-refractivity contribution in [2.24, 2.45) is 0 Å². The van der Waals surface area contributed by atoms with Crippen molar-refractivity contribution in [3.8, 4) is 0 Å². The van der Waals surface area contributed by atoms with Gasteiger partial charge in [0.1, 0.15) is 4.90 Å². The van der Waals surface area contributed by atoms with E-state index in [9.17, 15) is 13.2 Å². The van der Waals surface area contributed by atoms with Gasteiger partial charge in [-0.3, -0.25) is 9.89 Å². The number of amides is 1. The zero-order valence-electron chi connectivity index (χ0n) is 14.6. The Morgan fingerprint density at radius 3 is 2.56 bits per heavy atom. The summed E-state index contributed by atoms with van der Waals surface area (Å²) in [5.41, 5.74) is 2.41. The van der Waals surface area contributed by atoms with Crippen molar-refractivity contribution in [2.75, 3.05) is 18.0 Å². The smallest absolute Gasteiger partial charge is 0.244 e. The summed E-state index contributed by atoms with van der Waals surface area (Å²) in [4.78, 5) is 13.6. The molecule has 1 amide bonds. The van der Waals surface area contributed by atoms with E-state index in [1.165, 1.54) is 11.8 Å². The highest BCUT2D eigenvalue weighted by molar-refractivity contribution is 7.89. The Kier molecular flexibility index (Phi) is 5.87. The number of halogens is 1. The highest BCUT2D eigenvalue weighted by Crippen LogP contribution is 2.24. The highest BCUT2D eigenvalue weighted by Gasteiger charge is 2.22. The van der Waals surface area contributed by atoms with Gasteiger partial charge in [0.05, 0.1) is 11.4 Å². The van der Waals surface area contributed by atoms with Gasteiger partial charge in [0.2, 0.25) is 15.9 Å². The predicted octanol–water partition coefficient (Wildman–Crippen LogP) is 2.32. The van der Waals surface area contributed by atoms with E-state index in [1.807, 2.05) is 13.0 Å². The van der Waals surface area contributed by atoms with Crippen LogP contribution in [0.4, 0.5) is 5.69 Å². The zero-order valence-corrected chi connectivity index (χ0v) is 16.1. The van der Waals surface area contributed by atoms with Gasteiger partial charge in [-0.15, -0.1) is 0 Å². The summed E-state index contributed by atoms with van der Waals surface area (Å²) in [6.45, 7) is 6.81. The number of benzene rings is 1. The molecule has 0 atom stereocenters. The Balaban J connectivity index is 2.15. The van der Waals surface area contributed by atoms with Gasteiger partial charge >= 0.3 is 0 Å². The molecule has 2 N–H and O–H groups in total. The molecule has 0 bridgehead atoms. The van der Waals surface area contributed by atoms with E-state index >= 15 is 0 Å². The van der Waals surface area contributed by atoms with Crippen LogP contribution < -0.4 is 9.62 Å². The third-order valence-corrected chi connectivity index (χ3v) is 5.76. The summed E-state index contributed by atoms with van der Waals surface area (Å²) in [7, 11) is -3.71. The number of sulfonamides is 1. The number of carbonyl (C=O) groups is 1. The molecule has 25 heavy (non-hydrogen) atoms. The Morgan fingerprint density at radius 1 is 1.32 bits per heavy atom. The van der Waals surface area contributed by atoms with Crippen molar-refractivity contribution >= 4 is 33.2 Å². The van der Waals surface area contributed by atoms with Crippen LogP contribution in [0.15, 0.2) is 23.1 Å². The van der Waals surface area contributed by atoms with Crippen LogP contribution in [0.5, 0.6) is 0 Å². The van der Waals surface area contributed by atoms with Gasteiger partial charge in [0, 0.05) is 30.7 Å². The predicted molar refractivity (Wildman–Crippen MR) is 97.5 cm³/mol. The first kappa shape index (κ1) is 19.4. The molecule has 2 aromatic rings. The summed E-state index contributed by atoms with van der Waals surface area (Å²) in [5.74, 6) is -0.194. The zero-order chi connectivity index (χ0) is 18.8. The van der Waals surface area contributed by atoms with E-state index in [2.05, 4.69) is 14.9 Å². The third-order valence-electron chi connectivity index (χ3n) is 3.80. The fourth-order valence-corrected chi connectivity index (χ4v) is 4.18. The number of H-pyrrole nitrogens is 1. The molecule has 0 aliphatic heterocycles. The van der Waals surface area contributed by atoms with E-state index in [4.69, 9.17) is 11.6 Å². The Hall–Kier alpha value is -1.90. The number of carbonyl (C=O) groups excluding carboxylic acids is 1. The lowest BCUT2D eigenvalue weighted by Crippen LogP contribution is -2.38. The number of hydrogen-bond acceptors (Lipinski definition) is 4. The van der Waals surface area contributed by atoms with Crippen LogP contribution in [0, 0.1) is 20.8 Å². The number of rotatable bonds is 6. The van der Waals surface area contributed by atoms with Gasteiger partial charge in [-0.25, -0.2) is 13.1 Å². The fourth-order valence-electron chi connectivity index (χ4n) is 2.62. The third kappa shape index (κ3) is 4.39. The van der Waals surface area contributed by atoms with E-state index in [-0.39, 0.29) is 23.9 Å². The molecule has 0 spiro atoms. The molecule has 0 unspecified atom stereocenters. The highest BCUT2D eigenvalue weighted by atomic mass is 35.5. The van der Waals surface area contributed by atoms with Crippen molar-refractivity contribution < 1.29 is 13.2 Å². The summed E-state index contributed by atoms with van der Waals surface area (Å²) in [6.07, 6.45) is 0. The van der Waals surface area contributed by atoms with Crippen molar-refractivity contribution in [2.45, 2.75) is 32.6 Å². The molecular weight excluding hydrogens is 364 g/mol. The minimum atomic E-state index is -3.71. The molecule has 0 radical (unpaired) electrons. The van der Waals surface area contributed by atoms with E-state index in [1.54, 1.807) is 26.0 Å². The normalized spacial score (nSPS) is 11.6. The lowest BCUT2D eigenvalue weighted by Gasteiger charge is -2.23. The lowest BCUT2D eigenvalue weighted by atomic mass is 10.2. The maximum Gasteiger partial charge on any atom is 0.244 e. The Morgan fingerprint density at radius 2 is 2.00 bits per heavy atom. The first-order valence-electron chi connectivity index (χ1n) is 7.69. The molecule has 0 fully saturated rings. The molecule has 136 valence electrons. The Labute approximate surface area is 152 Å². The molecule has 0 saturated heterocycles. The number of nitrogens with zero attached hydrogens (tertiary/aromatic N) is 2. The second-order valence-corrected chi connectivity index (χ2v) is 7.90. The summed E-state index contributed by atoms with van der Waals surface area (Å²) < 4.78 is 27.4. The van der Waals surface area contributed by atoms with Crippen LogP contribution in [0.25, 0.3) is 0 Å². The average Bonchev–Trinajstić information content (AvgIpc) is 2.86. The van der Waals surface area contributed by atoms with E-state index in [0.717, 1.165) is 5.56 Å². The number of aryl methyl sites for hydroxylation is 3. The van der Waals surface area contributed by atoms with Gasteiger partial charge in [0.25, 0.3) is 0 Å². The quantitative estimate of drug-likeness (QED) is 0.798. The van der Waals surface area contributed by atoms with Gasteiger partial charge in [-0.1, -0.05) is 17.7 Å². The van der Waals surface area contributed by atoms with Crippen molar-refractivity contribution in [3.63, 3.8) is 0 Å². The van der Waals surface area contributed by atoms with Gasteiger partial charge in [0.15, 0.2) is 0 Å². The first-order chi connectivity index (χ1) is 11.6. The van der Waals surface area contributed by atoms with Crippen LogP contribution in [0.1, 0.15) is 23.9 Å². The Bertz CT molecular complexity index is 873. The van der Waals surface area contributed by atoms with Gasteiger partial charge < -0.3 is 4.90 Å². The van der Waals surface area contributed by atoms with Crippen LogP contribution >= 0.6 is 11.6 Å². The summed E-state index contributed by atoms with van der Waals surface area (Å²) >= 11 is 6.01. The molecule has 1 aromatic heterocycles. The average molecular weight is 385 g/mol. The molecule has 0 aliphatic carbocycles. The molecule has 2 rings (SSSR count). The summed E-state index contributed by atoms with van der Waals surface area (Å²) in [5, 5.41) is 7.06. The lowest BCUT2D eigenvalue weighted by molar-refractivity contribution is -0.116. The number of hydrogen-bond donors (Lipinski definition) is 2. The van der Waals surface area contributed by atoms with Gasteiger partial charge in [-0.05, 0) is 38.5 Å². The number of aromatic nitrogens is 2. The summed E-state index contributed by atoms with van der Waals surface area (Å²) in [6, 6.07) is 5.25. The minimum absolute atomic E-state index is 0.0674. The van der Waals surface area contributed by atoms with Gasteiger partial charge in [-0.2, -0.15) is 5.10 Å². The molecule has 1 heterocycles. The molecule has 1 aromatic carbocycles. The van der Waals surface area contributed by atoms with Crippen molar-refractivity contribution in [1.82, 2.24) is 14.9 Å². The molecule has 9 heteroatoms. The van der Waals surface area contributed by atoms with E-state index in [0.29, 0.717) is 22.1 Å². The second-order valence-electron chi connectivity index (χ2n) is 5.76. The van der Waals surface area contributed by atoms with Crippen molar-refractivity contribution in [1.29, 1.82) is 0 Å². The number of anilines is 1. The SMILES string of the molecule is CC(=O)N(CCNS(=O)(=O)c1c(C)n[nH]c1C)c1cc(Cl)ccc1C.